The Morgan fingerprint density at radius 1 is 1.38 bits per heavy atom. The summed E-state index contributed by atoms with van der Waals surface area (Å²) in [6, 6.07) is 9.32. The molecule has 3 rings (SSSR count). The Labute approximate surface area is 123 Å². The van der Waals surface area contributed by atoms with Crippen LogP contribution < -0.4 is 5.56 Å². The summed E-state index contributed by atoms with van der Waals surface area (Å²) >= 11 is 0. The molecule has 0 spiro atoms. The van der Waals surface area contributed by atoms with Crippen molar-refractivity contribution in [2.75, 3.05) is 26.7 Å². The minimum Gasteiger partial charge on any atom is -0.332 e. The molecule has 1 saturated heterocycles. The molecule has 1 N–H and O–H groups in total. The number of hydrogen-bond donors (Lipinski definition) is 1. The molecule has 5 nitrogen and oxygen atoms in total. The maximum atomic E-state index is 12.6. The lowest BCUT2D eigenvalue weighted by Crippen LogP contribution is -2.59. The number of likely N-dealkylation sites (tertiary alicyclic amines) is 1. The molecule has 2 aromatic rings. The van der Waals surface area contributed by atoms with E-state index in [-0.39, 0.29) is 17.5 Å². The van der Waals surface area contributed by atoms with Crippen LogP contribution >= 0.6 is 0 Å². The van der Waals surface area contributed by atoms with Crippen LogP contribution in [0.3, 0.4) is 0 Å². The molecule has 1 amide bonds. The monoisotopic (exact) mass is 285 g/mol. The Morgan fingerprint density at radius 2 is 2.10 bits per heavy atom. The van der Waals surface area contributed by atoms with E-state index in [0.717, 1.165) is 18.5 Å². The van der Waals surface area contributed by atoms with E-state index < -0.39 is 0 Å². The number of aromatic nitrogens is 1. The van der Waals surface area contributed by atoms with Crippen LogP contribution in [-0.2, 0) is 0 Å². The Hall–Kier alpha value is -2.14. The van der Waals surface area contributed by atoms with Gasteiger partial charge in [-0.05, 0) is 31.5 Å². The van der Waals surface area contributed by atoms with E-state index in [9.17, 15) is 9.59 Å². The highest BCUT2D eigenvalue weighted by Gasteiger charge is 2.32. The lowest BCUT2D eigenvalue weighted by atomic mass is 10.1. The van der Waals surface area contributed by atoms with Gasteiger partial charge in [0.15, 0.2) is 0 Å². The van der Waals surface area contributed by atoms with Gasteiger partial charge in [0.2, 0.25) is 0 Å². The lowest BCUT2D eigenvalue weighted by Gasteiger charge is -2.43. The Bertz CT molecular complexity index is 732. The topological polar surface area (TPSA) is 56.4 Å². The summed E-state index contributed by atoms with van der Waals surface area (Å²) in [6.45, 7) is 4.39. The van der Waals surface area contributed by atoms with Crippen LogP contribution in [0.25, 0.3) is 10.8 Å². The number of nitrogens with one attached hydrogen (secondary N) is 1. The largest absolute Gasteiger partial charge is 0.332 e. The molecule has 110 valence electrons. The van der Waals surface area contributed by atoms with Crippen molar-refractivity contribution < 1.29 is 4.79 Å². The SMILES string of the molecule is CCN(C(=O)c1cc2ccccc2c(=O)[nH]1)C1CN(C)C1. The van der Waals surface area contributed by atoms with E-state index >= 15 is 0 Å². The molecule has 1 aromatic heterocycles. The van der Waals surface area contributed by atoms with Gasteiger partial charge in [-0.3, -0.25) is 9.59 Å². The Balaban J connectivity index is 1.95. The number of amides is 1. The van der Waals surface area contributed by atoms with Crippen LogP contribution in [0.5, 0.6) is 0 Å². The third-order valence-electron chi connectivity index (χ3n) is 4.07. The summed E-state index contributed by atoms with van der Waals surface area (Å²) in [7, 11) is 2.03. The number of nitrogens with zero attached hydrogens (tertiary/aromatic N) is 2. The van der Waals surface area contributed by atoms with Crippen molar-refractivity contribution in [3.63, 3.8) is 0 Å². The number of likely N-dealkylation sites (N-methyl/N-ethyl adjacent to an activating group) is 2. The molecule has 0 bridgehead atoms. The van der Waals surface area contributed by atoms with E-state index in [2.05, 4.69) is 9.88 Å². The smallest absolute Gasteiger partial charge is 0.270 e. The van der Waals surface area contributed by atoms with Gasteiger partial charge in [-0.15, -0.1) is 0 Å². The van der Waals surface area contributed by atoms with Crippen molar-refractivity contribution in [2.45, 2.75) is 13.0 Å². The molecule has 1 aliphatic heterocycles. The standard InChI is InChI=1S/C16H19N3O2/c1-3-19(12-9-18(2)10-12)16(21)14-8-11-6-4-5-7-13(11)15(20)17-14/h4-8,12H,3,9-10H2,1-2H3,(H,17,20). The highest BCUT2D eigenvalue weighted by molar-refractivity contribution is 5.96. The fourth-order valence-electron chi connectivity index (χ4n) is 2.91. The molecule has 5 heteroatoms. The summed E-state index contributed by atoms with van der Waals surface area (Å²) in [6.07, 6.45) is 0. The highest BCUT2D eigenvalue weighted by Crippen LogP contribution is 2.17. The summed E-state index contributed by atoms with van der Waals surface area (Å²) in [5.74, 6) is -0.0987. The molecular formula is C16H19N3O2. The van der Waals surface area contributed by atoms with E-state index in [1.54, 1.807) is 12.1 Å². The van der Waals surface area contributed by atoms with Gasteiger partial charge in [0.05, 0.1) is 6.04 Å². The molecule has 0 saturated carbocycles. The van der Waals surface area contributed by atoms with Crippen molar-refractivity contribution in [1.29, 1.82) is 0 Å². The number of benzene rings is 1. The second-order valence-electron chi connectivity index (χ2n) is 5.57. The quantitative estimate of drug-likeness (QED) is 0.925. The molecule has 0 unspecified atom stereocenters. The normalized spacial score (nSPS) is 15.9. The first-order valence-corrected chi connectivity index (χ1v) is 7.21. The fourth-order valence-corrected chi connectivity index (χ4v) is 2.91. The molecule has 0 aliphatic carbocycles. The summed E-state index contributed by atoms with van der Waals surface area (Å²) in [4.78, 5) is 31.5. The predicted molar refractivity (Wildman–Crippen MR) is 82.6 cm³/mol. The first-order chi connectivity index (χ1) is 10.1. The van der Waals surface area contributed by atoms with Crippen molar-refractivity contribution in [2.24, 2.45) is 0 Å². The second kappa shape index (κ2) is 5.33. The molecule has 1 fully saturated rings. The van der Waals surface area contributed by atoms with E-state index in [4.69, 9.17) is 0 Å². The lowest BCUT2D eigenvalue weighted by molar-refractivity contribution is 0.0380. The van der Waals surface area contributed by atoms with Crippen LogP contribution in [0.2, 0.25) is 0 Å². The highest BCUT2D eigenvalue weighted by atomic mass is 16.2. The Morgan fingerprint density at radius 3 is 2.76 bits per heavy atom. The van der Waals surface area contributed by atoms with Crippen LogP contribution in [0.15, 0.2) is 35.1 Å². The number of aromatic amines is 1. The van der Waals surface area contributed by atoms with Crippen LogP contribution in [0.4, 0.5) is 0 Å². The van der Waals surface area contributed by atoms with Crippen LogP contribution in [0.1, 0.15) is 17.4 Å². The number of hydrogen-bond acceptors (Lipinski definition) is 3. The zero-order chi connectivity index (χ0) is 15.0. The first-order valence-electron chi connectivity index (χ1n) is 7.21. The number of fused-ring (bicyclic) bond motifs is 1. The van der Waals surface area contributed by atoms with Crippen molar-refractivity contribution in [3.8, 4) is 0 Å². The van der Waals surface area contributed by atoms with Gasteiger partial charge < -0.3 is 14.8 Å². The third kappa shape index (κ3) is 2.45. The van der Waals surface area contributed by atoms with Gasteiger partial charge in [0.25, 0.3) is 11.5 Å². The van der Waals surface area contributed by atoms with Crippen LogP contribution in [0, 0.1) is 0 Å². The number of carbonyl (C=O) groups excluding carboxylic acids is 1. The average Bonchev–Trinajstić information content (AvgIpc) is 2.46. The molecular weight excluding hydrogens is 266 g/mol. The number of rotatable bonds is 3. The molecule has 21 heavy (non-hydrogen) atoms. The summed E-state index contributed by atoms with van der Waals surface area (Å²) in [5.41, 5.74) is 0.160. The Kier molecular flexibility index (Phi) is 3.51. The summed E-state index contributed by atoms with van der Waals surface area (Å²) in [5, 5.41) is 1.41. The number of carbonyl (C=O) groups is 1. The first kappa shape index (κ1) is 13.8. The van der Waals surface area contributed by atoms with Gasteiger partial charge in [0, 0.05) is 25.0 Å². The molecule has 1 aromatic carbocycles. The second-order valence-corrected chi connectivity index (χ2v) is 5.57. The minimum absolute atomic E-state index is 0.0987. The molecule has 1 aliphatic rings. The van der Waals surface area contributed by atoms with Crippen molar-refractivity contribution >= 4 is 16.7 Å². The van der Waals surface area contributed by atoms with Crippen molar-refractivity contribution in [3.05, 3.63) is 46.4 Å². The van der Waals surface area contributed by atoms with Crippen LogP contribution in [-0.4, -0.2) is 53.4 Å². The zero-order valence-corrected chi connectivity index (χ0v) is 12.3. The van der Waals surface area contributed by atoms with E-state index in [0.29, 0.717) is 17.6 Å². The van der Waals surface area contributed by atoms with Gasteiger partial charge in [-0.25, -0.2) is 0 Å². The third-order valence-corrected chi connectivity index (χ3v) is 4.07. The molecule has 0 radical (unpaired) electrons. The average molecular weight is 285 g/mol. The fraction of sp³-hybridized carbons (Fsp3) is 0.375. The molecule has 0 atom stereocenters. The van der Waals surface area contributed by atoms with E-state index in [1.807, 2.05) is 37.1 Å². The zero-order valence-electron chi connectivity index (χ0n) is 12.3. The van der Waals surface area contributed by atoms with Crippen molar-refractivity contribution in [1.82, 2.24) is 14.8 Å². The van der Waals surface area contributed by atoms with Gasteiger partial charge in [0.1, 0.15) is 5.69 Å². The van der Waals surface area contributed by atoms with E-state index in [1.165, 1.54) is 0 Å². The van der Waals surface area contributed by atoms with Gasteiger partial charge in [-0.2, -0.15) is 0 Å². The maximum Gasteiger partial charge on any atom is 0.270 e. The van der Waals surface area contributed by atoms with Gasteiger partial charge in [-0.1, -0.05) is 18.2 Å². The number of H-pyrrole nitrogens is 1. The maximum absolute atomic E-state index is 12.6. The minimum atomic E-state index is -0.210. The van der Waals surface area contributed by atoms with Gasteiger partial charge >= 0.3 is 0 Å². The summed E-state index contributed by atoms with van der Waals surface area (Å²) < 4.78 is 0. The number of pyridine rings is 1. The predicted octanol–water partition coefficient (Wildman–Crippen LogP) is 1.30. The molecule has 2 heterocycles.